The van der Waals surface area contributed by atoms with E-state index in [0.717, 1.165) is 0 Å². The van der Waals surface area contributed by atoms with Crippen LogP contribution in [0.15, 0.2) is 12.1 Å². The monoisotopic (exact) mass is 305 g/mol. The van der Waals surface area contributed by atoms with Crippen LogP contribution in [0.25, 0.3) is 0 Å². The molecule has 1 atom stereocenters. The molecule has 0 aliphatic carbocycles. The second-order valence-corrected chi connectivity index (χ2v) is 3.89. The van der Waals surface area contributed by atoms with Gasteiger partial charge in [-0.15, -0.1) is 12.4 Å². The van der Waals surface area contributed by atoms with Gasteiger partial charge in [-0.3, -0.25) is 0 Å². The van der Waals surface area contributed by atoms with Crippen LogP contribution < -0.4 is 10.5 Å². The summed E-state index contributed by atoms with van der Waals surface area (Å²) in [5, 5.41) is 9.32. The molecule has 0 bridgehead atoms. The summed E-state index contributed by atoms with van der Waals surface area (Å²) in [5.41, 5.74) is 5.56. The van der Waals surface area contributed by atoms with E-state index < -0.39 is 18.6 Å². The van der Waals surface area contributed by atoms with E-state index >= 15 is 0 Å². The SMILES string of the molecule is COc1cc([C@@H](N)CC(F)(F)F)cc(Cl)c1O.Cl. The Kier molecular flexibility index (Phi) is 6.06. The molecule has 0 aliphatic rings. The smallest absolute Gasteiger partial charge is 0.390 e. The standard InChI is InChI=1S/C10H11ClF3NO2.ClH/c1-17-8-3-5(2-6(11)9(8)16)7(15)4-10(12,13)14;/h2-3,7,16H,4,15H2,1H3;1H/t7-;/m0./s1. The number of phenols is 1. The molecule has 0 radical (unpaired) electrons. The number of phenolic OH excluding ortho intramolecular Hbond substituents is 1. The van der Waals surface area contributed by atoms with Gasteiger partial charge in [0.05, 0.1) is 18.6 Å². The largest absolute Gasteiger partial charge is 0.503 e. The Balaban J connectivity index is 0.00000289. The Morgan fingerprint density at radius 2 is 2.00 bits per heavy atom. The van der Waals surface area contributed by atoms with Gasteiger partial charge in [-0.05, 0) is 17.7 Å². The molecule has 8 heteroatoms. The Hall–Kier alpha value is -0.850. The van der Waals surface area contributed by atoms with Gasteiger partial charge < -0.3 is 15.6 Å². The van der Waals surface area contributed by atoms with Gasteiger partial charge in [0.15, 0.2) is 11.5 Å². The fourth-order valence-corrected chi connectivity index (χ4v) is 1.55. The number of hydrogen-bond donors (Lipinski definition) is 2. The van der Waals surface area contributed by atoms with Crippen molar-refractivity contribution in [2.75, 3.05) is 7.11 Å². The van der Waals surface area contributed by atoms with Crippen molar-refractivity contribution in [1.29, 1.82) is 0 Å². The number of alkyl halides is 3. The summed E-state index contributed by atoms with van der Waals surface area (Å²) in [6.07, 6.45) is -5.53. The first-order chi connectivity index (χ1) is 7.74. The molecule has 0 aliphatic heterocycles. The minimum absolute atomic E-state index is 0. The zero-order valence-electron chi connectivity index (χ0n) is 9.29. The molecule has 0 heterocycles. The number of methoxy groups -OCH3 is 1. The minimum atomic E-state index is -4.36. The van der Waals surface area contributed by atoms with Crippen LogP contribution in [0.3, 0.4) is 0 Å². The second-order valence-electron chi connectivity index (χ2n) is 3.48. The molecule has 104 valence electrons. The number of halogens is 5. The van der Waals surface area contributed by atoms with Crippen LogP contribution in [-0.4, -0.2) is 18.4 Å². The van der Waals surface area contributed by atoms with Gasteiger partial charge in [0, 0.05) is 6.04 Å². The van der Waals surface area contributed by atoms with Gasteiger partial charge >= 0.3 is 6.18 Å². The van der Waals surface area contributed by atoms with E-state index in [9.17, 15) is 18.3 Å². The van der Waals surface area contributed by atoms with E-state index in [4.69, 9.17) is 22.1 Å². The zero-order chi connectivity index (χ0) is 13.2. The van der Waals surface area contributed by atoms with Crippen LogP contribution in [0.2, 0.25) is 5.02 Å². The molecule has 0 amide bonds. The average Bonchev–Trinajstić information content (AvgIpc) is 2.19. The summed E-state index contributed by atoms with van der Waals surface area (Å²) in [5.74, 6) is -0.331. The van der Waals surface area contributed by atoms with Crippen LogP contribution in [0.5, 0.6) is 11.5 Å². The summed E-state index contributed by atoms with van der Waals surface area (Å²) >= 11 is 5.65. The summed E-state index contributed by atoms with van der Waals surface area (Å²) < 4.78 is 41.3. The third-order valence-corrected chi connectivity index (χ3v) is 2.44. The topological polar surface area (TPSA) is 55.5 Å². The Bertz CT molecular complexity index is 413. The van der Waals surface area contributed by atoms with Gasteiger partial charge in [-0.1, -0.05) is 11.6 Å². The van der Waals surface area contributed by atoms with Crippen molar-refractivity contribution in [2.45, 2.75) is 18.6 Å². The van der Waals surface area contributed by atoms with Crippen molar-refractivity contribution in [3.63, 3.8) is 0 Å². The molecule has 0 fully saturated rings. The van der Waals surface area contributed by atoms with Gasteiger partial charge in [0.1, 0.15) is 0 Å². The molecule has 1 aromatic carbocycles. The molecule has 1 aromatic rings. The highest BCUT2D eigenvalue weighted by Gasteiger charge is 2.31. The lowest BCUT2D eigenvalue weighted by Crippen LogP contribution is -2.20. The van der Waals surface area contributed by atoms with Gasteiger partial charge in [0.2, 0.25) is 0 Å². The third-order valence-electron chi connectivity index (χ3n) is 2.15. The average molecular weight is 306 g/mol. The highest BCUT2D eigenvalue weighted by molar-refractivity contribution is 6.32. The van der Waals surface area contributed by atoms with E-state index in [-0.39, 0.29) is 34.5 Å². The molecule has 0 unspecified atom stereocenters. The molecular weight excluding hydrogens is 294 g/mol. The van der Waals surface area contributed by atoms with Crippen LogP contribution >= 0.6 is 24.0 Å². The van der Waals surface area contributed by atoms with Gasteiger partial charge in [-0.25, -0.2) is 0 Å². The maximum absolute atomic E-state index is 12.2. The molecule has 0 aromatic heterocycles. The van der Waals surface area contributed by atoms with Gasteiger partial charge in [-0.2, -0.15) is 13.2 Å². The number of hydrogen-bond acceptors (Lipinski definition) is 3. The Morgan fingerprint density at radius 3 is 2.44 bits per heavy atom. The predicted molar refractivity (Wildman–Crippen MR) is 64.5 cm³/mol. The molecule has 18 heavy (non-hydrogen) atoms. The van der Waals surface area contributed by atoms with Crippen LogP contribution in [-0.2, 0) is 0 Å². The summed E-state index contributed by atoms with van der Waals surface area (Å²) in [6.45, 7) is 0. The molecule has 3 N–H and O–H groups in total. The number of rotatable bonds is 3. The van der Waals surface area contributed by atoms with E-state index in [1.54, 1.807) is 0 Å². The molecule has 0 spiro atoms. The number of ether oxygens (including phenoxy) is 1. The van der Waals surface area contributed by atoms with Crippen molar-refractivity contribution < 1.29 is 23.0 Å². The Morgan fingerprint density at radius 1 is 1.44 bits per heavy atom. The van der Waals surface area contributed by atoms with E-state index in [2.05, 4.69) is 0 Å². The lowest BCUT2D eigenvalue weighted by Gasteiger charge is -2.16. The zero-order valence-corrected chi connectivity index (χ0v) is 10.9. The molecule has 3 nitrogen and oxygen atoms in total. The van der Waals surface area contributed by atoms with Crippen molar-refractivity contribution in [3.8, 4) is 11.5 Å². The Labute approximate surface area is 113 Å². The first kappa shape index (κ1) is 17.2. The fourth-order valence-electron chi connectivity index (χ4n) is 1.33. The minimum Gasteiger partial charge on any atom is -0.503 e. The van der Waals surface area contributed by atoms with Crippen molar-refractivity contribution in [1.82, 2.24) is 0 Å². The highest BCUT2D eigenvalue weighted by Crippen LogP contribution is 2.38. The normalized spacial score (nSPS) is 12.8. The third kappa shape index (κ3) is 4.44. The second kappa shape index (κ2) is 6.36. The van der Waals surface area contributed by atoms with Crippen molar-refractivity contribution >= 4 is 24.0 Å². The molecular formula is C10H12Cl2F3NO2. The first-order valence-electron chi connectivity index (χ1n) is 4.63. The maximum atomic E-state index is 12.2. The van der Waals surface area contributed by atoms with Crippen molar-refractivity contribution in [2.24, 2.45) is 5.73 Å². The molecule has 1 rings (SSSR count). The van der Waals surface area contributed by atoms with Crippen molar-refractivity contribution in [3.05, 3.63) is 22.7 Å². The lowest BCUT2D eigenvalue weighted by atomic mass is 10.0. The number of nitrogens with two attached hydrogens (primary N) is 1. The van der Waals surface area contributed by atoms with E-state index in [0.29, 0.717) is 0 Å². The van der Waals surface area contributed by atoms with Gasteiger partial charge in [0.25, 0.3) is 0 Å². The van der Waals surface area contributed by atoms with Crippen LogP contribution in [0.4, 0.5) is 13.2 Å². The quantitative estimate of drug-likeness (QED) is 0.899. The predicted octanol–water partition coefficient (Wildman–Crippen LogP) is 3.43. The number of aromatic hydroxyl groups is 1. The summed E-state index contributed by atoms with van der Waals surface area (Å²) in [6, 6.07) is 1.18. The molecule has 0 saturated heterocycles. The summed E-state index contributed by atoms with van der Waals surface area (Å²) in [7, 11) is 1.27. The van der Waals surface area contributed by atoms with Crippen LogP contribution in [0.1, 0.15) is 18.0 Å². The van der Waals surface area contributed by atoms with Crippen LogP contribution in [0, 0.1) is 0 Å². The number of benzene rings is 1. The fraction of sp³-hybridized carbons (Fsp3) is 0.400. The summed E-state index contributed by atoms with van der Waals surface area (Å²) in [4.78, 5) is 0. The highest BCUT2D eigenvalue weighted by atomic mass is 35.5. The first-order valence-corrected chi connectivity index (χ1v) is 5.01. The van der Waals surface area contributed by atoms with E-state index in [1.807, 2.05) is 0 Å². The van der Waals surface area contributed by atoms with E-state index in [1.165, 1.54) is 19.2 Å². The lowest BCUT2D eigenvalue weighted by molar-refractivity contribution is -0.138. The molecule has 0 saturated carbocycles. The maximum Gasteiger partial charge on any atom is 0.390 e.